The van der Waals surface area contributed by atoms with Crippen molar-refractivity contribution in [3.63, 3.8) is 0 Å². The second kappa shape index (κ2) is 8.85. The number of carboxylic acid groups (broad SMARTS) is 1. The van der Waals surface area contributed by atoms with Gasteiger partial charge in [-0.25, -0.2) is 12.8 Å². The maximum absolute atomic E-state index is 14.4. The van der Waals surface area contributed by atoms with Gasteiger partial charge >= 0.3 is 5.97 Å². The molecule has 0 saturated heterocycles. The minimum atomic E-state index is -3.93. The van der Waals surface area contributed by atoms with E-state index in [9.17, 15) is 17.6 Å². The molecule has 3 rings (SSSR count). The zero-order chi connectivity index (χ0) is 20.9. The summed E-state index contributed by atoms with van der Waals surface area (Å²) in [5, 5.41) is 8.60. The highest BCUT2D eigenvalue weighted by Crippen LogP contribution is 2.27. The first-order valence-electron chi connectivity index (χ1n) is 8.63. The van der Waals surface area contributed by atoms with Gasteiger partial charge in [-0.05, 0) is 41.0 Å². The Morgan fingerprint density at radius 1 is 0.966 bits per heavy atom. The van der Waals surface area contributed by atoms with Crippen LogP contribution in [0.1, 0.15) is 5.56 Å². The number of carbonyl (C=O) groups is 1. The van der Waals surface area contributed by atoms with Crippen LogP contribution in [0, 0.1) is 5.82 Å². The van der Waals surface area contributed by atoms with Crippen molar-refractivity contribution in [3.8, 4) is 16.9 Å². The third-order valence-electron chi connectivity index (χ3n) is 4.08. The first-order chi connectivity index (χ1) is 13.8. The molecule has 3 aromatic rings. The summed E-state index contributed by atoms with van der Waals surface area (Å²) in [5.41, 5.74) is 2.08. The number of carboxylic acids is 1. The Bertz CT molecular complexity index is 1100. The van der Waals surface area contributed by atoms with Gasteiger partial charge in [0.25, 0.3) is 0 Å². The average molecular weight is 415 g/mol. The highest BCUT2D eigenvalue weighted by molar-refractivity contribution is 7.89. The van der Waals surface area contributed by atoms with Crippen LogP contribution in [0.3, 0.4) is 0 Å². The number of hydrogen-bond acceptors (Lipinski definition) is 4. The summed E-state index contributed by atoms with van der Waals surface area (Å²) in [6.07, 6.45) is 0. The third kappa shape index (κ3) is 5.40. The summed E-state index contributed by atoms with van der Waals surface area (Å²) >= 11 is 0. The highest BCUT2D eigenvalue weighted by Gasteiger charge is 2.15. The molecule has 29 heavy (non-hydrogen) atoms. The van der Waals surface area contributed by atoms with Crippen LogP contribution in [0.4, 0.5) is 4.39 Å². The van der Waals surface area contributed by atoms with Gasteiger partial charge in [0.2, 0.25) is 10.0 Å². The van der Waals surface area contributed by atoms with Crippen LogP contribution in [-0.4, -0.2) is 26.0 Å². The molecule has 0 radical (unpaired) electrons. The van der Waals surface area contributed by atoms with E-state index in [-0.39, 0.29) is 17.3 Å². The van der Waals surface area contributed by atoms with Crippen LogP contribution in [0.15, 0.2) is 77.7 Å². The Labute approximate surface area is 167 Å². The van der Waals surface area contributed by atoms with Crippen molar-refractivity contribution in [1.29, 1.82) is 0 Å². The molecule has 0 aliphatic rings. The molecule has 0 unspecified atom stereocenters. The smallest absolute Gasteiger partial charge is 0.318 e. The van der Waals surface area contributed by atoms with Gasteiger partial charge < -0.3 is 9.84 Å². The van der Waals surface area contributed by atoms with Gasteiger partial charge in [0.05, 0.1) is 4.90 Å². The van der Waals surface area contributed by atoms with Gasteiger partial charge in [-0.2, -0.15) is 4.72 Å². The molecule has 0 aromatic heterocycles. The molecule has 0 atom stereocenters. The van der Waals surface area contributed by atoms with Gasteiger partial charge in [-0.15, -0.1) is 0 Å². The molecular formula is C21H18FNO5S. The fraction of sp³-hybridized carbons (Fsp3) is 0.0952. The molecular weight excluding hydrogens is 397 g/mol. The van der Waals surface area contributed by atoms with E-state index >= 15 is 0 Å². The second-order valence-corrected chi connectivity index (χ2v) is 7.93. The molecule has 0 aliphatic carbocycles. The van der Waals surface area contributed by atoms with Crippen molar-refractivity contribution in [2.75, 3.05) is 6.54 Å². The van der Waals surface area contributed by atoms with E-state index in [4.69, 9.17) is 9.84 Å². The molecule has 6 nitrogen and oxygen atoms in total. The normalized spacial score (nSPS) is 11.2. The molecule has 0 saturated carbocycles. The lowest BCUT2D eigenvalue weighted by Crippen LogP contribution is -2.29. The Morgan fingerprint density at radius 2 is 1.62 bits per heavy atom. The zero-order valence-electron chi connectivity index (χ0n) is 15.2. The largest absolute Gasteiger partial charge is 0.486 e. The summed E-state index contributed by atoms with van der Waals surface area (Å²) in [5.74, 6) is -1.69. The van der Waals surface area contributed by atoms with E-state index in [2.05, 4.69) is 0 Å². The molecule has 0 heterocycles. The van der Waals surface area contributed by atoms with Gasteiger partial charge in [0, 0.05) is 0 Å². The maximum atomic E-state index is 14.4. The quantitative estimate of drug-likeness (QED) is 0.588. The molecule has 150 valence electrons. The lowest BCUT2D eigenvalue weighted by atomic mass is 10.1. The van der Waals surface area contributed by atoms with Crippen molar-refractivity contribution in [3.05, 3.63) is 84.2 Å². The van der Waals surface area contributed by atoms with Crippen molar-refractivity contribution in [2.24, 2.45) is 0 Å². The Morgan fingerprint density at radius 3 is 2.24 bits per heavy atom. The lowest BCUT2D eigenvalue weighted by Gasteiger charge is -2.10. The number of aliphatic carboxylic acids is 1. The Hall–Kier alpha value is -3.23. The molecule has 0 bridgehead atoms. The summed E-state index contributed by atoms with van der Waals surface area (Å²) in [6, 6.07) is 19.6. The minimum absolute atomic E-state index is 0.0780. The SMILES string of the molecule is O=C(O)CNS(=O)(=O)c1ccc(-c2ccc(OCc3ccccc3)c(F)c2)cc1. The standard InChI is InChI=1S/C21H18FNO5S/c22-19-12-17(8-11-20(19)28-14-15-4-2-1-3-5-15)16-6-9-18(10-7-16)29(26,27)23-13-21(24)25/h1-12,23H,13-14H2,(H,24,25). The number of halogens is 1. The number of sulfonamides is 1. The van der Waals surface area contributed by atoms with Crippen LogP contribution in [0.2, 0.25) is 0 Å². The van der Waals surface area contributed by atoms with E-state index in [0.717, 1.165) is 5.56 Å². The second-order valence-electron chi connectivity index (χ2n) is 6.16. The number of rotatable bonds is 8. The predicted molar refractivity (Wildman–Crippen MR) is 105 cm³/mol. The van der Waals surface area contributed by atoms with E-state index < -0.39 is 28.4 Å². The first-order valence-corrected chi connectivity index (χ1v) is 10.1. The van der Waals surface area contributed by atoms with Crippen molar-refractivity contribution in [1.82, 2.24) is 4.72 Å². The predicted octanol–water partition coefficient (Wildman–Crippen LogP) is 3.43. The van der Waals surface area contributed by atoms with E-state index in [1.54, 1.807) is 6.07 Å². The summed E-state index contributed by atoms with van der Waals surface area (Å²) in [4.78, 5) is 10.5. The minimum Gasteiger partial charge on any atom is -0.486 e. The van der Waals surface area contributed by atoms with Crippen molar-refractivity contribution in [2.45, 2.75) is 11.5 Å². The fourth-order valence-electron chi connectivity index (χ4n) is 2.60. The molecule has 8 heteroatoms. The zero-order valence-corrected chi connectivity index (χ0v) is 16.0. The number of ether oxygens (including phenoxy) is 1. The van der Waals surface area contributed by atoms with Crippen molar-refractivity contribution >= 4 is 16.0 Å². The van der Waals surface area contributed by atoms with Gasteiger partial charge in [0.15, 0.2) is 11.6 Å². The summed E-state index contributed by atoms with van der Waals surface area (Å²) in [7, 11) is -3.93. The van der Waals surface area contributed by atoms with Crippen LogP contribution >= 0.6 is 0 Å². The Balaban J connectivity index is 1.72. The molecule has 0 aliphatic heterocycles. The van der Waals surface area contributed by atoms with Gasteiger partial charge in [-0.1, -0.05) is 48.5 Å². The van der Waals surface area contributed by atoms with Crippen molar-refractivity contribution < 1.29 is 27.4 Å². The van der Waals surface area contributed by atoms with Gasteiger partial charge in [0.1, 0.15) is 13.2 Å². The van der Waals surface area contributed by atoms with E-state index in [1.165, 1.54) is 36.4 Å². The number of benzene rings is 3. The Kier molecular flexibility index (Phi) is 6.26. The number of nitrogens with one attached hydrogen (secondary N) is 1. The van der Waals surface area contributed by atoms with Crippen LogP contribution in [-0.2, 0) is 21.4 Å². The molecule has 0 spiro atoms. The molecule has 0 amide bonds. The van der Waals surface area contributed by atoms with Crippen LogP contribution in [0.25, 0.3) is 11.1 Å². The molecule has 2 N–H and O–H groups in total. The third-order valence-corrected chi connectivity index (χ3v) is 5.50. The number of hydrogen-bond donors (Lipinski definition) is 2. The summed E-state index contributed by atoms with van der Waals surface area (Å²) in [6.45, 7) is -0.466. The van der Waals surface area contributed by atoms with Crippen LogP contribution < -0.4 is 9.46 Å². The fourth-order valence-corrected chi connectivity index (χ4v) is 3.57. The van der Waals surface area contributed by atoms with E-state index in [0.29, 0.717) is 11.1 Å². The summed E-state index contributed by atoms with van der Waals surface area (Å²) < 4.78 is 45.9. The first kappa shape index (κ1) is 20.5. The van der Waals surface area contributed by atoms with Crippen LogP contribution in [0.5, 0.6) is 5.75 Å². The average Bonchev–Trinajstić information content (AvgIpc) is 2.72. The topological polar surface area (TPSA) is 92.7 Å². The maximum Gasteiger partial charge on any atom is 0.318 e. The molecule has 3 aromatic carbocycles. The highest BCUT2D eigenvalue weighted by atomic mass is 32.2. The van der Waals surface area contributed by atoms with Gasteiger partial charge in [-0.3, -0.25) is 4.79 Å². The molecule has 0 fully saturated rings. The van der Waals surface area contributed by atoms with E-state index in [1.807, 2.05) is 35.1 Å². The lowest BCUT2D eigenvalue weighted by molar-refractivity contribution is -0.135. The monoisotopic (exact) mass is 415 g/mol.